The number of urea groups is 1. The first-order valence-corrected chi connectivity index (χ1v) is 7.83. The van der Waals surface area contributed by atoms with E-state index in [1.54, 1.807) is 20.2 Å². The van der Waals surface area contributed by atoms with E-state index in [-0.39, 0.29) is 6.03 Å². The van der Waals surface area contributed by atoms with Gasteiger partial charge in [-0.05, 0) is 37.3 Å². The van der Waals surface area contributed by atoms with Gasteiger partial charge in [-0.25, -0.2) is 9.78 Å². The van der Waals surface area contributed by atoms with Crippen molar-refractivity contribution in [3.8, 4) is 5.88 Å². The number of piperidine rings is 1. The fourth-order valence-electron chi connectivity index (χ4n) is 2.69. The first kappa shape index (κ1) is 17.0. The lowest BCUT2D eigenvalue weighted by molar-refractivity contribution is 0.186. The molecule has 1 saturated heterocycles. The Morgan fingerprint density at radius 1 is 1.43 bits per heavy atom. The lowest BCUT2D eigenvalue weighted by Crippen LogP contribution is -2.45. The van der Waals surface area contributed by atoms with Gasteiger partial charge in [0.2, 0.25) is 5.88 Å². The third-order valence-corrected chi connectivity index (χ3v) is 4.02. The van der Waals surface area contributed by atoms with E-state index in [1.165, 1.54) is 5.56 Å². The smallest absolute Gasteiger partial charge is 0.322 e. The van der Waals surface area contributed by atoms with Crippen LogP contribution in [0.4, 0.5) is 4.79 Å². The third kappa shape index (κ3) is 4.55. The van der Waals surface area contributed by atoms with Crippen molar-refractivity contribution in [1.29, 1.82) is 0 Å². The molecule has 0 radical (unpaired) electrons. The Balaban J connectivity index is 1.88. The zero-order chi connectivity index (χ0) is 16.7. The van der Waals surface area contributed by atoms with Gasteiger partial charge in [0.25, 0.3) is 0 Å². The van der Waals surface area contributed by atoms with Crippen molar-refractivity contribution in [1.82, 2.24) is 15.2 Å². The molecule has 23 heavy (non-hydrogen) atoms. The Labute approximate surface area is 137 Å². The average Bonchev–Trinajstić information content (AvgIpc) is 2.61. The Morgan fingerprint density at radius 2 is 2.17 bits per heavy atom. The average molecular weight is 316 g/mol. The molecule has 1 aliphatic rings. The maximum absolute atomic E-state index is 12.2. The van der Waals surface area contributed by atoms with Gasteiger partial charge in [0.1, 0.15) is 5.84 Å². The molecular weight excluding hydrogens is 292 g/mol. The molecule has 1 aliphatic heterocycles. The first-order valence-electron chi connectivity index (χ1n) is 7.83. The van der Waals surface area contributed by atoms with Gasteiger partial charge in [-0.3, -0.25) is 10.3 Å². The highest BCUT2D eigenvalue weighted by Crippen LogP contribution is 2.28. The summed E-state index contributed by atoms with van der Waals surface area (Å²) in [5.41, 5.74) is 1.20. The third-order valence-electron chi connectivity index (χ3n) is 4.02. The highest BCUT2D eigenvalue weighted by molar-refractivity contribution is 6.03. The standard InChI is InChI=1S/C17H24N4O2/c1-4-5-15(18-2)20-17(22)21-10-8-13(9-11-21)14-6-7-16(23-3)19-12-14/h4-7,12-13H,8-11H2,1-3H3,(H,18,20,22)/b5-4-. The van der Waals surface area contributed by atoms with Crippen LogP contribution in [-0.2, 0) is 0 Å². The molecule has 2 rings (SSSR count). The van der Waals surface area contributed by atoms with E-state index in [0.717, 1.165) is 25.9 Å². The molecule has 0 aromatic carbocycles. The summed E-state index contributed by atoms with van der Waals surface area (Å²) in [4.78, 5) is 22.4. The van der Waals surface area contributed by atoms with Crippen molar-refractivity contribution in [2.24, 2.45) is 4.99 Å². The molecule has 0 spiro atoms. The molecule has 6 nitrogen and oxygen atoms in total. The number of ether oxygens (including phenoxy) is 1. The van der Waals surface area contributed by atoms with Gasteiger partial charge in [0.05, 0.1) is 7.11 Å². The number of carbonyl (C=O) groups excluding carboxylic acids is 1. The van der Waals surface area contributed by atoms with Gasteiger partial charge >= 0.3 is 6.03 Å². The fourth-order valence-corrected chi connectivity index (χ4v) is 2.69. The van der Waals surface area contributed by atoms with Gasteiger partial charge in [-0.1, -0.05) is 12.1 Å². The second-order valence-corrected chi connectivity index (χ2v) is 5.43. The number of allylic oxidation sites excluding steroid dienone is 1. The van der Waals surface area contributed by atoms with Crippen molar-refractivity contribution in [2.75, 3.05) is 27.2 Å². The monoisotopic (exact) mass is 316 g/mol. The molecule has 0 unspecified atom stereocenters. The van der Waals surface area contributed by atoms with Crippen LogP contribution in [0.5, 0.6) is 5.88 Å². The van der Waals surface area contributed by atoms with Crippen LogP contribution in [0.3, 0.4) is 0 Å². The summed E-state index contributed by atoms with van der Waals surface area (Å²) in [5.74, 6) is 1.65. The van der Waals surface area contributed by atoms with Crippen LogP contribution in [0.15, 0.2) is 35.5 Å². The van der Waals surface area contributed by atoms with Crippen LogP contribution in [0.2, 0.25) is 0 Å². The molecule has 1 aromatic heterocycles. The van der Waals surface area contributed by atoms with Crippen LogP contribution >= 0.6 is 0 Å². The van der Waals surface area contributed by atoms with Crippen molar-refractivity contribution in [3.63, 3.8) is 0 Å². The molecule has 2 amide bonds. The van der Waals surface area contributed by atoms with Gasteiger partial charge < -0.3 is 9.64 Å². The van der Waals surface area contributed by atoms with Gasteiger partial charge in [-0.15, -0.1) is 0 Å². The number of likely N-dealkylation sites (tertiary alicyclic amines) is 1. The zero-order valence-electron chi connectivity index (χ0n) is 14.0. The molecule has 0 saturated carbocycles. The number of nitrogens with one attached hydrogen (secondary N) is 1. The predicted molar refractivity (Wildman–Crippen MR) is 91.0 cm³/mol. The maximum Gasteiger partial charge on any atom is 0.322 e. The van der Waals surface area contributed by atoms with Crippen LogP contribution in [-0.4, -0.2) is 49.0 Å². The Bertz CT molecular complexity index is 573. The fraction of sp³-hybridized carbons (Fsp3) is 0.471. The number of aliphatic imine (C=N–C) groups is 1. The summed E-state index contributed by atoms with van der Waals surface area (Å²) in [7, 11) is 3.28. The lowest BCUT2D eigenvalue weighted by atomic mass is 9.90. The number of amidine groups is 1. The quantitative estimate of drug-likeness (QED) is 0.688. The van der Waals surface area contributed by atoms with Gasteiger partial charge in [0, 0.05) is 32.4 Å². The summed E-state index contributed by atoms with van der Waals surface area (Å²) in [6, 6.07) is 3.85. The Hall–Kier alpha value is -2.37. The van der Waals surface area contributed by atoms with Crippen molar-refractivity contribution in [2.45, 2.75) is 25.7 Å². The lowest BCUT2D eigenvalue weighted by Gasteiger charge is -2.32. The summed E-state index contributed by atoms with van der Waals surface area (Å²) < 4.78 is 5.08. The van der Waals surface area contributed by atoms with E-state index in [9.17, 15) is 4.79 Å². The van der Waals surface area contributed by atoms with Gasteiger partial charge in [-0.2, -0.15) is 0 Å². The molecule has 0 atom stereocenters. The second-order valence-electron chi connectivity index (χ2n) is 5.43. The minimum Gasteiger partial charge on any atom is -0.481 e. The van der Waals surface area contributed by atoms with Crippen LogP contribution in [0.1, 0.15) is 31.2 Å². The van der Waals surface area contributed by atoms with E-state index >= 15 is 0 Å². The minimum atomic E-state index is -0.0880. The summed E-state index contributed by atoms with van der Waals surface area (Å²) in [6.07, 6.45) is 7.37. The molecule has 1 fully saturated rings. The number of amides is 2. The van der Waals surface area contributed by atoms with E-state index in [2.05, 4.69) is 21.4 Å². The van der Waals surface area contributed by atoms with Gasteiger partial charge in [0.15, 0.2) is 0 Å². The topological polar surface area (TPSA) is 66.8 Å². The SMILES string of the molecule is C/C=C\C(=NC)NC(=O)N1CCC(c2ccc(OC)nc2)CC1. The first-order chi connectivity index (χ1) is 11.2. The van der Waals surface area contributed by atoms with Crippen molar-refractivity contribution < 1.29 is 9.53 Å². The molecule has 0 bridgehead atoms. The molecule has 1 aromatic rings. The summed E-state index contributed by atoms with van der Waals surface area (Å²) >= 11 is 0. The number of nitrogens with zero attached hydrogens (tertiary/aromatic N) is 3. The number of aromatic nitrogens is 1. The highest BCUT2D eigenvalue weighted by Gasteiger charge is 2.24. The Kier molecular flexibility index (Phi) is 6.14. The zero-order valence-corrected chi connectivity index (χ0v) is 14.0. The van der Waals surface area contributed by atoms with Crippen molar-refractivity contribution in [3.05, 3.63) is 36.0 Å². The Morgan fingerprint density at radius 3 is 2.70 bits per heavy atom. The van der Waals surface area contributed by atoms with Crippen LogP contribution in [0.25, 0.3) is 0 Å². The number of methoxy groups -OCH3 is 1. The molecule has 6 heteroatoms. The van der Waals surface area contributed by atoms with Crippen LogP contribution < -0.4 is 10.1 Å². The molecule has 124 valence electrons. The number of pyridine rings is 1. The molecule has 1 N–H and O–H groups in total. The number of carbonyl (C=O) groups is 1. The van der Waals surface area contributed by atoms with Crippen LogP contribution in [0, 0.1) is 0 Å². The molecule has 2 heterocycles. The number of rotatable bonds is 3. The molecular formula is C17H24N4O2. The van der Waals surface area contributed by atoms with E-state index in [0.29, 0.717) is 17.6 Å². The van der Waals surface area contributed by atoms with E-state index in [4.69, 9.17) is 4.74 Å². The predicted octanol–water partition coefficient (Wildman–Crippen LogP) is 2.58. The summed E-state index contributed by atoms with van der Waals surface area (Å²) in [6.45, 7) is 3.36. The second kappa shape index (κ2) is 8.31. The maximum atomic E-state index is 12.2. The summed E-state index contributed by atoms with van der Waals surface area (Å²) in [5, 5.41) is 2.83. The van der Waals surface area contributed by atoms with E-state index in [1.807, 2.05) is 30.2 Å². The number of hydrogen-bond acceptors (Lipinski definition) is 4. The number of hydrogen-bond donors (Lipinski definition) is 1. The normalized spacial score (nSPS) is 16.7. The van der Waals surface area contributed by atoms with Crippen molar-refractivity contribution >= 4 is 11.9 Å². The minimum absolute atomic E-state index is 0.0880. The van der Waals surface area contributed by atoms with E-state index < -0.39 is 0 Å². The largest absolute Gasteiger partial charge is 0.481 e. The highest BCUT2D eigenvalue weighted by atomic mass is 16.5. The molecule has 0 aliphatic carbocycles.